The number of halogens is 2. The van der Waals surface area contributed by atoms with Crippen molar-refractivity contribution in [2.45, 2.75) is 18.3 Å². The van der Waals surface area contributed by atoms with Crippen LogP contribution in [0.15, 0.2) is 36.4 Å². The molecular weight excluding hydrogens is 287 g/mol. The molecule has 0 bridgehead atoms. The second-order valence-electron chi connectivity index (χ2n) is 4.52. The molecule has 1 aromatic carbocycles. The number of carbonyl (C=O) groups excluding carboxylic acids is 1. The molecule has 0 saturated heterocycles. The Morgan fingerprint density at radius 3 is 2.33 bits per heavy atom. The van der Waals surface area contributed by atoms with E-state index in [1.54, 1.807) is 6.07 Å². The molecule has 0 N–H and O–H groups in total. The highest BCUT2D eigenvalue weighted by molar-refractivity contribution is 7.20. The SMILES string of the molecule is O=C(c1cc(Cl)sc1Cl)C1(c2ccccc2)CC1. The van der Waals surface area contributed by atoms with E-state index < -0.39 is 0 Å². The molecule has 1 saturated carbocycles. The summed E-state index contributed by atoms with van der Waals surface area (Å²) in [5.74, 6) is 0.0989. The van der Waals surface area contributed by atoms with Crippen molar-refractivity contribution in [1.29, 1.82) is 0 Å². The molecule has 3 rings (SSSR count). The van der Waals surface area contributed by atoms with E-state index in [1.165, 1.54) is 11.3 Å². The third-order valence-corrected chi connectivity index (χ3v) is 4.90. The zero-order valence-corrected chi connectivity index (χ0v) is 11.8. The third-order valence-electron chi connectivity index (χ3n) is 3.41. The van der Waals surface area contributed by atoms with Crippen molar-refractivity contribution in [3.8, 4) is 0 Å². The van der Waals surface area contributed by atoms with E-state index in [0.717, 1.165) is 18.4 Å². The fourth-order valence-corrected chi connectivity index (χ4v) is 3.74. The summed E-state index contributed by atoms with van der Waals surface area (Å²) in [5, 5.41) is 0. The Morgan fingerprint density at radius 2 is 1.83 bits per heavy atom. The fraction of sp³-hybridized carbons (Fsp3) is 0.214. The number of Topliss-reactive ketones (excluding diaryl/α,β-unsaturated/α-hetero) is 1. The van der Waals surface area contributed by atoms with Crippen LogP contribution in [0.1, 0.15) is 28.8 Å². The Bertz CT molecular complexity index is 600. The molecule has 1 fully saturated rings. The average molecular weight is 297 g/mol. The summed E-state index contributed by atoms with van der Waals surface area (Å²) in [7, 11) is 0. The number of hydrogen-bond acceptors (Lipinski definition) is 2. The molecule has 0 spiro atoms. The molecule has 18 heavy (non-hydrogen) atoms. The Hall–Kier alpha value is -0.830. The van der Waals surface area contributed by atoms with Gasteiger partial charge in [-0.3, -0.25) is 4.79 Å². The van der Waals surface area contributed by atoms with E-state index in [-0.39, 0.29) is 11.2 Å². The summed E-state index contributed by atoms with van der Waals surface area (Å²) in [6.45, 7) is 0. The molecule has 92 valence electrons. The summed E-state index contributed by atoms with van der Waals surface area (Å²) < 4.78 is 1.06. The molecule has 1 nitrogen and oxygen atoms in total. The van der Waals surface area contributed by atoms with Crippen LogP contribution in [0.25, 0.3) is 0 Å². The van der Waals surface area contributed by atoms with Gasteiger partial charge in [0.05, 0.1) is 9.75 Å². The van der Waals surface area contributed by atoms with Gasteiger partial charge in [-0.15, -0.1) is 11.3 Å². The predicted octanol–water partition coefficient (Wildman–Crippen LogP) is 4.97. The van der Waals surface area contributed by atoms with Gasteiger partial charge in [0.15, 0.2) is 5.78 Å². The lowest BCUT2D eigenvalue weighted by Crippen LogP contribution is -2.20. The number of rotatable bonds is 3. The maximum atomic E-state index is 12.6. The van der Waals surface area contributed by atoms with Crippen LogP contribution >= 0.6 is 34.5 Å². The van der Waals surface area contributed by atoms with Gasteiger partial charge >= 0.3 is 0 Å². The Morgan fingerprint density at radius 1 is 1.17 bits per heavy atom. The van der Waals surface area contributed by atoms with E-state index in [2.05, 4.69) is 0 Å². The van der Waals surface area contributed by atoms with Gasteiger partial charge in [0.25, 0.3) is 0 Å². The highest BCUT2D eigenvalue weighted by atomic mass is 35.5. The summed E-state index contributed by atoms with van der Waals surface area (Å²) >= 11 is 13.2. The molecule has 1 aromatic heterocycles. The standard InChI is InChI=1S/C14H10Cl2OS/c15-11-8-10(13(16)18-11)12(17)14(6-7-14)9-4-2-1-3-5-9/h1-5,8H,6-7H2. The maximum absolute atomic E-state index is 12.6. The molecular formula is C14H10Cl2OS. The van der Waals surface area contributed by atoms with Crippen LogP contribution in [0.4, 0.5) is 0 Å². The first-order chi connectivity index (χ1) is 8.63. The van der Waals surface area contributed by atoms with Crippen molar-refractivity contribution in [1.82, 2.24) is 0 Å². The number of hydrogen-bond donors (Lipinski definition) is 0. The first kappa shape index (κ1) is 12.2. The molecule has 1 heterocycles. The minimum absolute atomic E-state index is 0.0989. The molecule has 0 radical (unpaired) electrons. The summed E-state index contributed by atoms with van der Waals surface area (Å²) in [4.78, 5) is 12.6. The van der Waals surface area contributed by atoms with Crippen LogP contribution in [-0.2, 0) is 5.41 Å². The van der Waals surface area contributed by atoms with Crippen molar-refractivity contribution >= 4 is 40.3 Å². The molecule has 1 aliphatic rings. The second kappa shape index (κ2) is 4.37. The van der Waals surface area contributed by atoms with Crippen LogP contribution in [0, 0.1) is 0 Å². The van der Waals surface area contributed by atoms with E-state index in [0.29, 0.717) is 14.2 Å². The fourth-order valence-electron chi connectivity index (χ4n) is 2.28. The molecule has 2 aromatic rings. The minimum Gasteiger partial charge on any atom is -0.293 e. The van der Waals surface area contributed by atoms with E-state index in [1.807, 2.05) is 30.3 Å². The summed E-state index contributed by atoms with van der Waals surface area (Å²) in [5.41, 5.74) is 1.27. The van der Waals surface area contributed by atoms with Crippen LogP contribution in [0.2, 0.25) is 8.67 Å². The van der Waals surface area contributed by atoms with Crippen molar-refractivity contribution in [3.05, 3.63) is 56.2 Å². The first-order valence-electron chi connectivity index (χ1n) is 5.69. The maximum Gasteiger partial charge on any atom is 0.175 e. The van der Waals surface area contributed by atoms with Crippen LogP contribution < -0.4 is 0 Å². The first-order valence-corrected chi connectivity index (χ1v) is 7.26. The minimum atomic E-state index is -0.366. The van der Waals surface area contributed by atoms with Gasteiger partial charge in [-0.2, -0.15) is 0 Å². The average Bonchev–Trinajstić information content (AvgIpc) is 3.11. The lowest BCUT2D eigenvalue weighted by Gasteiger charge is -2.13. The van der Waals surface area contributed by atoms with Gasteiger partial charge < -0.3 is 0 Å². The van der Waals surface area contributed by atoms with E-state index in [4.69, 9.17) is 23.2 Å². The smallest absolute Gasteiger partial charge is 0.175 e. The monoisotopic (exact) mass is 296 g/mol. The largest absolute Gasteiger partial charge is 0.293 e. The third kappa shape index (κ3) is 1.89. The van der Waals surface area contributed by atoms with Gasteiger partial charge in [0.1, 0.15) is 4.34 Å². The van der Waals surface area contributed by atoms with Gasteiger partial charge in [-0.25, -0.2) is 0 Å². The van der Waals surface area contributed by atoms with Crippen molar-refractivity contribution in [2.75, 3.05) is 0 Å². The number of benzene rings is 1. The van der Waals surface area contributed by atoms with Crippen molar-refractivity contribution in [2.24, 2.45) is 0 Å². The quantitative estimate of drug-likeness (QED) is 0.731. The lowest BCUT2D eigenvalue weighted by molar-refractivity contribution is 0.0946. The second-order valence-corrected chi connectivity index (χ2v) is 6.80. The highest BCUT2D eigenvalue weighted by Crippen LogP contribution is 2.51. The Kier molecular flexibility index (Phi) is 2.97. The molecule has 0 amide bonds. The molecule has 1 aliphatic carbocycles. The van der Waals surface area contributed by atoms with Gasteiger partial charge in [0, 0.05) is 5.56 Å². The number of thiophene rings is 1. The highest BCUT2D eigenvalue weighted by Gasteiger charge is 2.51. The van der Waals surface area contributed by atoms with Crippen LogP contribution in [-0.4, -0.2) is 5.78 Å². The predicted molar refractivity (Wildman–Crippen MR) is 76.0 cm³/mol. The zero-order chi connectivity index (χ0) is 12.8. The van der Waals surface area contributed by atoms with Crippen molar-refractivity contribution in [3.63, 3.8) is 0 Å². The molecule has 0 atom stereocenters. The number of carbonyl (C=O) groups is 1. The van der Waals surface area contributed by atoms with Gasteiger partial charge in [-0.1, -0.05) is 53.5 Å². The molecule has 4 heteroatoms. The topological polar surface area (TPSA) is 17.1 Å². The zero-order valence-electron chi connectivity index (χ0n) is 9.45. The lowest BCUT2D eigenvalue weighted by atomic mass is 9.88. The van der Waals surface area contributed by atoms with Crippen molar-refractivity contribution < 1.29 is 4.79 Å². The van der Waals surface area contributed by atoms with E-state index >= 15 is 0 Å². The molecule has 0 unspecified atom stereocenters. The Balaban J connectivity index is 2.01. The normalized spacial score (nSPS) is 16.6. The van der Waals surface area contributed by atoms with E-state index in [9.17, 15) is 4.79 Å². The number of ketones is 1. The summed E-state index contributed by atoms with van der Waals surface area (Å²) in [6, 6.07) is 11.6. The molecule has 0 aliphatic heterocycles. The Labute approximate surface area is 119 Å². The van der Waals surface area contributed by atoms with Gasteiger partial charge in [0.2, 0.25) is 0 Å². The van der Waals surface area contributed by atoms with Crippen LogP contribution in [0.5, 0.6) is 0 Å². The summed E-state index contributed by atoms with van der Waals surface area (Å²) in [6.07, 6.45) is 1.78. The van der Waals surface area contributed by atoms with Crippen LogP contribution in [0.3, 0.4) is 0 Å². The van der Waals surface area contributed by atoms with Gasteiger partial charge in [-0.05, 0) is 24.5 Å².